The predicted molar refractivity (Wildman–Crippen MR) is 109 cm³/mol. The average Bonchev–Trinajstić information content (AvgIpc) is 3.46. The molecule has 2 aromatic carbocycles. The van der Waals surface area contributed by atoms with Gasteiger partial charge in [0, 0.05) is 29.7 Å². The highest BCUT2D eigenvalue weighted by Crippen LogP contribution is 2.30. The number of anilines is 2. The lowest BCUT2D eigenvalue weighted by molar-refractivity contribution is 0.0688. The van der Waals surface area contributed by atoms with E-state index >= 15 is 0 Å². The highest BCUT2D eigenvalue weighted by Gasteiger charge is 2.24. The number of urea groups is 1. The number of aryl methyl sites for hydroxylation is 1. The number of carbonyl (C=O) groups excluding carboxylic acids is 2. The third-order valence-corrected chi connectivity index (χ3v) is 4.87. The first kappa shape index (κ1) is 18.5. The fourth-order valence-electron chi connectivity index (χ4n) is 3.24. The van der Waals surface area contributed by atoms with E-state index in [0.717, 1.165) is 12.8 Å². The van der Waals surface area contributed by atoms with Crippen LogP contribution in [0.3, 0.4) is 0 Å². The first-order chi connectivity index (χ1) is 13.9. The Hall–Kier alpha value is -3.81. The maximum absolute atomic E-state index is 12.7. The van der Waals surface area contributed by atoms with Gasteiger partial charge in [0.25, 0.3) is 5.91 Å². The van der Waals surface area contributed by atoms with Crippen LogP contribution >= 0.6 is 0 Å². The van der Waals surface area contributed by atoms with Gasteiger partial charge in [-0.3, -0.25) is 4.79 Å². The molecule has 3 amide bonds. The highest BCUT2D eigenvalue weighted by molar-refractivity contribution is 6.14. The molecule has 1 aliphatic rings. The van der Waals surface area contributed by atoms with Crippen molar-refractivity contribution in [2.24, 2.45) is 7.05 Å². The fourth-order valence-corrected chi connectivity index (χ4v) is 3.24. The van der Waals surface area contributed by atoms with Crippen molar-refractivity contribution in [3.8, 4) is 0 Å². The fraction of sp³-hybridized carbons (Fsp3) is 0.190. The van der Waals surface area contributed by atoms with Crippen LogP contribution in [0.1, 0.15) is 33.7 Å². The molecule has 8 heteroatoms. The van der Waals surface area contributed by atoms with Crippen LogP contribution in [-0.2, 0) is 7.05 Å². The van der Waals surface area contributed by atoms with Crippen LogP contribution in [-0.4, -0.2) is 33.6 Å². The van der Waals surface area contributed by atoms with Gasteiger partial charge < -0.3 is 25.6 Å². The lowest BCUT2D eigenvalue weighted by atomic mass is 10.1. The summed E-state index contributed by atoms with van der Waals surface area (Å²) < 4.78 is 1.54. The quantitative estimate of drug-likeness (QED) is 0.533. The Labute approximate surface area is 166 Å². The molecule has 1 aliphatic carbocycles. The van der Waals surface area contributed by atoms with Crippen molar-refractivity contribution in [1.29, 1.82) is 0 Å². The molecule has 4 N–H and O–H groups in total. The Morgan fingerprint density at radius 2 is 1.69 bits per heavy atom. The number of hydrogen-bond donors (Lipinski definition) is 4. The SMILES string of the molecule is Cn1c(C(=O)O)c(NC(=O)c2ccc(NC(=O)NC3CC3)cc2)c2ccccc21. The minimum Gasteiger partial charge on any atom is -0.477 e. The van der Waals surface area contributed by atoms with Crippen LogP contribution in [0, 0.1) is 0 Å². The number of nitrogens with zero attached hydrogens (tertiary/aromatic N) is 1. The van der Waals surface area contributed by atoms with Crippen LogP contribution in [0.25, 0.3) is 10.9 Å². The van der Waals surface area contributed by atoms with Gasteiger partial charge in [-0.1, -0.05) is 18.2 Å². The standard InChI is InChI=1S/C21H20N4O4/c1-25-16-5-3-2-4-15(16)17(18(25)20(27)28)24-19(26)12-6-8-13(9-7-12)22-21(29)23-14-10-11-14/h2-9,14H,10-11H2,1H3,(H,24,26)(H,27,28)(H2,22,23,29). The van der Waals surface area contributed by atoms with Gasteiger partial charge in [0.1, 0.15) is 0 Å². The number of nitrogens with one attached hydrogen (secondary N) is 3. The van der Waals surface area contributed by atoms with Crippen molar-refractivity contribution in [3.63, 3.8) is 0 Å². The third-order valence-electron chi connectivity index (χ3n) is 4.87. The second kappa shape index (κ2) is 7.31. The third kappa shape index (κ3) is 3.77. The average molecular weight is 392 g/mol. The lowest BCUT2D eigenvalue weighted by Crippen LogP contribution is -2.30. The molecule has 1 aromatic heterocycles. The summed E-state index contributed by atoms with van der Waals surface area (Å²) in [7, 11) is 1.65. The molecule has 0 spiro atoms. The van der Waals surface area contributed by atoms with E-state index in [-0.39, 0.29) is 23.5 Å². The number of aromatic nitrogens is 1. The summed E-state index contributed by atoms with van der Waals surface area (Å²) in [4.78, 5) is 36.2. The largest absolute Gasteiger partial charge is 0.477 e. The summed E-state index contributed by atoms with van der Waals surface area (Å²) in [5, 5.41) is 18.5. The van der Waals surface area contributed by atoms with Crippen LogP contribution in [0.2, 0.25) is 0 Å². The van der Waals surface area contributed by atoms with Crippen molar-refractivity contribution < 1.29 is 19.5 Å². The lowest BCUT2D eigenvalue weighted by Gasteiger charge is -2.09. The van der Waals surface area contributed by atoms with Gasteiger partial charge in [-0.05, 0) is 43.2 Å². The van der Waals surface area contributed by atoms with Crippen molar-refractivity contribution >= 4 is 40.2 Å². The number of carboxylic acid groups (broad SMARTS) is 1. The van der Waals surface area contributed by atoms with E-state index in [0.29, 0.717) is 22.2 Å². The second-order valence-corrected chi connectivity index (χ2v) is 7.01. The summed E-state index contributed by atoms with van der Waals surface area (Å²) in [6.07, 6.45) is 2.00. The molecular formula is C21H20N4O4. The summed E-state index contributed by atoms with van der Waals surface area (Å²) >= 11 is 0. The second-order valence-electron chi connectivity index (χ2n) is 7.01. The van der Waals surface area contributed by atoms with Gasteiger partial charge in [-0.2, -0.15) is 0 Å². The number of benzene rings is 2. The molecule has 8 nitrogen and oxygen atoms in total. The number of hydrogen-bond acceptors (Lipinski definition) is 3. The number of amides is 3. The zero-order valence-electron chi connectivity index (χ0n) is 15.7. The van der Waals surface area contributed by atoms with E-state index in [9.17, 15) is 19.5 Å². The highest BCUT2D eigenvalue weighted by atomic mass is 16.4. The monoisotopic (exact) mass is 392 g/mol. The number of carboxylic acids is 1. The van der Waals surface area contributed by atoms with E-state index in [1.165, 1.54) is 0 Å². The van der Waals surface area contributed by atoms with Gasteiger partial charge in [0.15, 0.2) is 5.69 Å². The van der Waals surface area contributed by atoms with Gasteiger partial charge in [0.05, 0.1) is 11.2 Å². The number of fused-ring (bicyclic) bond motifs is 1. The number of para-hydroxylation sites is 1. The Balaban J connectivity index is 1.54. The number of carbonyl (C=O) groups is 3. The molecule has 148 valence electrons. The molecule has 29 heavy (non-hydrogen) atoms. The Bertz CT molecular complexity index is 1110. The number of aromatic carboxylic acids is 1. The van der Waals surface area contributed by atoms with Crippen LogP contribution in [0.5, 0.6) is 0 Å². The summed E-state index contributed by atoms with van der Waals surface area (Å²) in [6.45, 7) is 0. The molecule has 1 saturated carbocycles. The van der Waals surface area contributed by atoms with E-state index in [2.05, 4.69) is 16.0 Å². The van der Waals surface area contributed by atoms with Gasteiger partial charge in [-0.15, -0.1) is 0 Å². The molecule has 0 saturated heterocycles. The van der Waals surface area contributed by atoms with Crippen LogP contribution in [0.15, 0.2) is 48.5 Å². The Morgan fingerprint density at radius 1 is 1.00 bits per heavy atom. The molecular weight excluding hydrogens is 372 g/mol. The van der Waals surface area contributed by atoms with Crippen molar-refractivity contribution in [2.75, 3.05) is 10.6 Å². The van der Waals surface area contributed by atoms with E-state index in [4.69, 9.17) is 0 Å². The van der Waals surface area contributed by atoms with Crippen molar-refractivity contribution in [3.05, 3.63) is 59.8 Å². The van der Waals surface area contributed by atoms with Crippen LogP contribution < -0.4 is 16.0 Å². The Kier molecular flexibility index (Phi) is 4.67. The maximum Gasteiger partial charge on any atom is 0.354 e. The first-order valence-electron chi connectivity index (χ1n) is 9.23. The zero-order chi connectivity index (χ0) is 20.5. The zero-order valence-corrected chi connectivity index (χ0v) is 15.7. The normalized spacial score (nSPS) is 13.1. The topological polar surface area (TPSA) is 112 Å². The molecule has 4 rings (SSSR count). The molecule has 1 fully saturated rings. The Morgan fingerprint density at radius 3 is 2.34 bits per heavy atom. The molecule has 0 radical (unpaired) electrons. The molecule has 3 aromatic rings. The maximum atomic E-state index is 12.7. The summed E-state index contributed by atoms with van der Waals surface area (Å²) in [5.41, 5.74) is 1.89. The summed E-state index contributed by atoms with van der Waals surface area (Å²) in [5.74, 6) is -1.56. The smallest absolute Gasteiger partial charge is 0.354 e. The first-order valence-corrected chi connectivity index (χ1v) is 9.23. The summed E-state index contributed by atoms with van der Waals surface area (Å²) in [6, 6.07) is 13.6. The van der Waals surface area contributed by atoms with E-state index in [1.54, 1.807) is 54.1 Å². The van der Waals surface area contributed by atoms with Crippen molar-refractivity contribution in [1.82, 2.24) is 9.88 Å². The number of rotatable bonds is 5. The van der Waals surface area contributed by atoms with E-state index in [1.807, 2.05) is 6.07 Å². The van der Waals surface area contributed by atoms with E-state index < -0.39 is 11.9 Å². The van der Waals surface area contributed by atoms with Crippen molar-refractivity contribution in [2.45, 2.75) is 18.9 Å². The molecule has 0 atom stereocenters. The molecule has 0 bridgehead atoms. The van der Waals surface area contributed by atoms with Gasteiger partial charge >= 0.3 is 12.0 Å². The minimum absolute atomic E-state index is 0.00887. The van der Waals surface area contributed by atoms with Gasteiger partial charge in [0.2, 0.25) is 0 Å². The molecule has 0 aliphatic heterocycles. The molecule has 1 heterocycles. The van der Waals surface area contributed by atoms with Gasteiger partial charge in [-0.25, -0.2) is 9.59 Å². The predicted octanol–water partition coefficient (Wildman–Crippen LogP) is 3.41. The molecule has 0 unspecified atom stereocenters. The minimum atomic E-state index is -1.12. The van der Waals surface area contributed by atoms with Crippen LogP contribution in [0.4, 0.5) is 16.2 Å².